The molecule has 2 aliphatic rings. The number of nitrogens with zero attached hydrogens (tertiary/aromatic N) is 2. The minimum atomic E-state index is -1.26. The largest absolute Gasteiger partial charge is 0.394 e. The van der Waals surface area contributed by atoms with Gasteiger partial charge in [-0.3, -0.25) is 24.0 Å². The smallest absolute Gasteiger partial charge is 0.246 e. The first-order valence-electron chi connectivity index (χ1n) is 12.6. The lowest BCUT2D eigenvalue weighted by Gasteiger charge is -2.34. The summed E-state index contributed by atoms with van der Waals surface area (Å²) in [5.74, 6) is -1.49. The molecule has 0 aliphatic carbocycles. The molecular weight excluding hydrogens is 486 g/mol. The fraction of sp³-hybridized carbons (Fsp3) is 0.792. The van der Waals surface area contributed by atoms with Crippen molar-refractivity contribution in [3.63, 3.8) is 0 Å². The molecule has 0 aromatic carbocycles. The van der Waals surface area contributed by atoms with Crippen LogP contribution in [0.4, 0.5) is 0 Å². The zero-order valence-corrected chi connectivity index (χ0v) is 22.2. The molecule has 0 aromatic rings. The second kappa shape index (κ2) is 14.5. The molecule has 2 fully saturated rings. The molecule has 6 atom stereocenters. The molecule has 2 rings (SSSR count). The topological polar surface area (TPSA) is 162 Å². The lowest BCUT2D eigenvalue weighted by Crippen LogP contribution is -2.60. The second-order valence-electron chi connectivity index (χ2n) is 9.50. The fourth-order valence-corrected chi connectivity index (χ4v) is 5.09. The highest BCUT2D eigenvalue weighted by atomic mass is 32.2. The zero-order valence-electron chi connectivity index (χ0n) is 21.4. The highest BCUT2D eigenvalue weighted by molar-refractivity contribution is 7.98. The van der Waals surface area contributed by atoms with Crippen molar-refractivity contribution in [2.24, 2.45) is 11.7 Å². The molecule has 2 heterocycles. The summed E-state index contributed by atoms with van der Waals surface area (Å²) in [4.78, 5) is 66.4. The summed E-state index contributed by atoms with van der Waals surface area (Å²) in [5.41, 5.74) is 5.86. The lowest BCUT2D eigenvalue weighted by atomic mass is 9.96. The Morgan fingerprint density at radius 1 is 1.11 bits per heavy atom. The highest BCUT2D eigenvalue weighted by Crippen LogP contribution is 2.26. The summed E-state index contributed by atoms with van der Waals surface area (Å²) in [6, 6.07) is -4.31. The SMILES string of the molecule is CC[C@H](C)[C@H](NC(=O)[C@H](CO)NC(=O)[C@@H](N)CCSC)C(=O)N1CCC[C@H]1C(=O)N1CCC[C@H]1[C]=O. The van der Waals surface area contributed by atoms with Crippen LogP contribution >= 0.6 is 11.8 Å². The first-order chi connectivity index (χ1) is 17.2. The van der Waals surface area contributed by atoms with Gasteiger partial charge in [-0.05, 0) is 50.0 Å². The summed E-state index contributed by atoms with van der Waals surface area (Å²) in [6.07, 6.45) is 7.21. The molecule has 4 amide bonds. The molecule has 11 nitrogen and oxygen atoms in total. The van der Waals surface area contributed by atoms with E-state index in [9.17, 15) is 29.1 Å². The third-order valence-corrected chi connectivity index (χ3v) is 7.70. The van der Waals surface area contributed by atoms with Crippen molar-refractivity contribution >= 4 is 41.7 Å². The summed E-state index contributed by atoms with van der Waals surface area (Å²) in [5, 5.41) is 14.9. The van der Waals surface area contributed by atoms with Crippen LogP contribution in [0.3, 0.4) is 0 Å². The number of hydrogen-bond acceptors (Lipinski definition) is 8. The Kier molecular flexibility index (Phi) is 12.1. The lowest BCUT2D eigenvalue weighted by molar-refractivity contribution is -0.146. The van der Waals surface area contributed by atoms with Gasteiger partial charge in [-0.15, -0.1) is 0 Å². The van der Waals surface area contributed by atoms with E-state index in [0.29, 0.717) is 57.4 Å². The molecule has 2 saturated heterocycles. The van der Waals surface area contributed by atoms with E-state index in [1.807, 2.05) is 26.4 Å². The molecule has 1 radical (unpaired) electrons. The van der Waals surface area contributed by atoms with Crippen LogP contribution in [0.25, 0.3) is 0 Å². The number of carbonyl (C=O) groups is 4. The quantitative estimate of drug-likeness (QED) is 0.242. The number of aliphatic hydroxyl groups is 1. The van der Waals surface area contributed by atoms with Crippen molar-refractivity contribution in [3.8, 4) is 0 Å². The maximum Gasteiger partial charge on any atom is 0.246 e. The number of amides is 4. The molecule has 0 unspecified atom stereocenters. The van der Waals surface area contributed by atoms with E-state index in [2.05, 4.69) is 10.6 Å². The zero-order chi connectivity index (χ0) is 26.8. The van der Waals surface area contributed by atoms with Gasteiger partial charge in [0.1, 0.15) is 18.1 Å². The Hall–Kier alpha value is -2.18. The maximum absolute atomic E-state index is 13.6. The van der Waals surface area contributed by atoms with Crippen molar-refractivity contribution in [3.05, 3.63) is 0 Å². The predicted octanol–water partition coefficient (Wildman–Crippen LogP) is -0.833. The van der Waals surface area contributed by atoms with Gasteiger partial charge in [0, 0.05) is 13.1 Å². The van der Waals surface area contributed by atoms with E-state index < -0.39 is 48.6 Å². The molecule has 0 bridgehead atoms. The van der Waals surface area contributed by atoms with Crippen LogP contribution in [0.15, 0.2) is 0 Å². The number of thioether (sulfide) groups is 1. The summed E-state index contributed by atoms with van der Waals surface area (Å²) in [6.45, 7) is 3.87. The van der Waals surface area contributed by atoms with Crippen molar-refractivity contribution in [2.75, 3.05) is 31.7 Å². The van der Waals surface area contributed by atoms with E-state index in [1.165, 1.54) is 9.80 Å². The van der Waals surface area contributed by atoms with Crippen LogP contribution in [0, 0.1) is 5.92 Å². The molecule has 203 valence electrons. The van der Waals surface area contributed by atoms with Crippen LogP contribution < -0.4 is 16.4 Å². The van der Waals surface area contributed by atoms with Gasteiger partial charge in [0.25, 0.3) is 0 Å². The molecule has 12 heteroatoms. The third kappa shape index (κ3) is 7.42. The van der Waals surface area contributed by atoms with Crippen LogP contribution in [0.1, 0.15) is 52.4 Å². The van der Waals surface area contributed by atoms with Crippen molar-refractivity contribution in [2.45, 2.75) is 82.6 Å². The maximum atomic E-state index is 13.6. The van der Waals surface area contributed by atoms with Gasteiger partial charge in [-0.25, -0.2) is 0 Å². The van der Waals surface area contributed by atoms with Gasteiger partial charge >= 0.3 is 0 Å². The number of carbonyl (C=O) groups excluding carboxylic acids is 5. The Balaban J connectivity index is 2.12. The van der Waals surface area contributed by atoms with Crippen molar-refractivity contribution in [1.82, 2.24) is 20.4 Å². The number of hydrogen-bond donors (Lipinski definition) is 4. The first-order valence-corrected chi connectivity index (χ1v) is 14.0. The first kappa shape index (κ1) is 30.0. The predicted molar refractivity (Wildman–Crippen MR) is 137 cm³/mol. The molecular formula is C24H40N5O6S. The molecule has 0 saturated carbocycles. The van der Waals surface area contributed by atoms with Crippen LogP contribution in [0.2, 0.25) is 0 Å². The minimum Gasteiger partial charge on any atom is -0.394 e. The standard InChI is InChI=1S/C24H40N5O6S/c1-4-15(2)20(27-22(33)18(14-31)26-21(32)17(25)9-12-36-3)24(35)29-11-6-8-19(29)23(34)28-10-5-7-16(28)13-30/h15-20,31H,4-12,14,25H2,1-3H3,(H,26,32)(H,27,33)/t15-,16-,17-,18-,19-,20-/m0/s1. The van der Waals surface area contributed by atoms with E-state index >= 15 is 0 Å². The van der Waals surface area contributed by atoms with E-state index in [-0.39, 0.29) is 17.7 Å². The number of nitrogens with two attached hydrogens (primary N) is 1. The summed E-state index contributed by atoms with van der Waals surface area (Å²) < 4.78 is 0. The monoisotopic (exact) mass is 526 g/mol. The summed E-state index contributed by atoms with van der Waals surface area (Å²) in [7, 11) is 0. The Bertz CT molecular complexity index is 799. The Morgan fingerprint density at radius 2 is 1.78 bits per heavy atom. The average molecular weight is 527 g/mol. The second-order valence-corrected chi connectivity index (χ2v) is 10.5. The van der Waals surface area contributed by atoms with Crippen LogP contribution in [-0.4, -0.2) is 107 Å². The van der Waals surface area contributed by atoms with Gasteiger partial charge in [-0.1, -0.05) is 20.3 Å². The van der Waals surface area contributed by atoms with Gasteiger partial charge in [0.05, 0.1) is 18.7 Å². The van der Waals surface area contributed by atoms with Crippen molar-refractivity contribution in [1.29, 1.82) is 0 Å². The molecule has 5 N–H and O–H groups in total. The average Bonchev–Trinajstić information content (AvgIpc) is 3.57. The third-order valence-electron chi connectivity index (χ3n) is 7.05. The van der Waals surface area contributed by atoms with E-state index in [0.717, 1.165) is 0 Å². The van der Waals surface area contributed by atoms with E-state index in [1.54, 1.807) is 11.8 Å². The number of nitrogens with one attached hydrogen (secondary N) is 2. The normalized spacial score (nSPS) is 23.0. The highest BCUT2D eigenvalue weighted by Gasteiger charge is 2.43. The fourth-order valence-electron chi connectivity index (χ4n) is 4.60. The molecule has 0 spiro atoms. The number of aliphatic hydroxyl groups excluding tert-OH is 1. The van der Waals surface area contributed by atoms with Gasteiger partial charge < -0.3 is 31.3 Å². The van der Waals surface area contributed by atoms with Gasteiger partial charge in [0.2, 0.25) is 29.9 Å². The minimum absolute atomic E-state index is 0.263. The molecule has 2 aliphatic heterocycles. The van der Waals surface area contributed by atoms with Crippen LogP contribution in [-0.2, 0) is 24.0 Å². The number of likely N-dealkylation sites (tertiary alicyclic amines) is 2. The van der Waals surface area contributed by atoms with Gasteiger partial charge in [0.15, 0.2) is 0 Å². The molecule has 0 aromatic heterocycles. The summed E-state index contributed by atoms with van der Waals surface area (Å²) >= 11 is 1.54. The Morgan fingerprint density at radius 3 is 2.39 bits per heavy atom. The molecule has 36 heavy (non-hydrogen) atoms. The van der Waals surface area contributed by atoms with Crippen molar-refractivity contribution < 1.29 is 29.1 Å². The Labute approximate surface area is 217 Å². The number of rotatable bonds is 13. The van der Waals surface area contributed by atoms with Gasteiger partial charge in [-0.2, -0.15) is 11.8 Å². The van der Waals surface area contributed by atoms with Crippen LogP contribution in [0.5, 0.6) is 0 Å². The van der Waals surface area contributed by atoms with E-state index in [4.69, 9.17) is 5.73 Å².